The van der Waals surface area contributed by atoms with Gasteiger partial charge in [0.15, 0.2) is 16.7 Å². The number of halogens is 3. The highest BCUT2D eigenvalue weighted by Crippen LogP contribution is 2.47. The van der Waals surface area contributed by atoms with Crippen LogP contribution < -0.4 is 9.47 Å². The number of ether oxygens (including phenoxy) is 2. The Balaban J connectivity index is 1.66. The molecule has 4 aromatic rings. The number of rotatable bonds is 7. The van der Waals surface area contributed by atoms with Crippen molar-refractivity contribution in [3.05, 3.63) is 99.8 Å². The van der Waals surface area contributed by atoms with Crippen molar-refractivity contribution in [3.8, 4) is 17.2 Å². The molecule has 1 aromatic heterocycles. The van der Waals surface area contributed by atoms with Crippen molar-refractivity contribution in [1.82, 2.24) is 9.55 Å². The van der Waals surface area contributed by atoms with Gasteiger partial charge in [-0.15, -0.1) is 0 Å². The number of benzene rings is 3. The van der Waals surface area contributed by atoms with E-state index in [2.05, 4.69) is 17.6 Å². The molecule has 0 amide bonds. The van der Waals surface area contributed by atoms with Gasteiger partial charge in [0.1, 0.15) is 11.6 Å². The number of aryl methyl sites for hydroxylation is 1. The summed E-state index contributed by atoms with van der Waals surface area (Å²) in [7, 11) is 3.24. The lowest BCUT2D eigenvalue weighted by atomic mass is 9.71. The fraction of sp³-hybridized carbons (Fsp3) is 0.276. The van der Waals surface area contributed by atoms with Gasteiger partial charge in [0, 0.05) is 27.4 Å². The summed E-state index contributed by atoms with van der Waals surface area (Å²) >= 11 is 7.72. The molecule has 0 spiro atoms. The number of aromatic nitrogens is 2. The van der Waals surface area contributed by atoms with Crippen molar-refractivity contribution < 1.29 is 18.3 Å². The lowest BCUT2D eigenvalue weighted by molar-refractivity contribution is 0.352. The van der Waals surface area contributed by atoms with Crippen LogP contribution in [-0.2, 0) is 17.6 Å². The fourth-order valence-corrected chi connectivity index (χ4v) is 6.48. The summed E-state index contributed by atoms with van der Waals surface area (Å²) in [6.07, 6.45) is 2.67. The third-order valence-corrected chi connectivity index (χ3v) is 8.36. The zero-order valence-electron chi connectivity index (χ0n) is 20.9. The minimum atomic E-state index is -0.400. The molecule has 1 aliphatic carbocycles. The lowest BCUT2D eigenvalue weighted by Crippen LogP contribution is -2.31. The van der Waals surface area contributed by atoms with Crippen LogP contribution in [0.3, 0.4) is 0 Å². The quantitative estimate of drug-likeness (QED) is 0.224. The van der Waals surface area contributed by atoms with Gasteiger partial charge in [-0.25, -0.2) is 13.8 Å². The minimum Gasteiger partial charge on any atom is -0.493 e. The highest BCUT2D eigenvalue weighted by molar-refractivity contribution is 7.98. The summed E-state index contributed by atoms with van der Waals surface area (Å²) in [6, 6.07) is 17.1. The summed E-state index contributed by atoms with van der Waals surface area (Å²) in [4.78, 5) is 5.03. The molecule has 0 saturated carbocycles. The van der Waals surface area contributed by atoms with E-state index in [9.17, 15) is 8.78 Å². The van der Waals surface area contributed by atoms with Gasteiger partial charge in [0.2, 0.25) is 0 Å². The van der Waals surface area contributed by atoms with E-state index in [1.807, 2.05) is 12.1 Å². The average molecular weight is 541 g/mol. The SMILES string of the molecule is COc1ccc(C2(C)CCCc3nc(SCc4c(F)cccc4Cl)n(-c4ccc(F)cc4)c32)cc1OC. The molecular weight excluding hydrogens is 514 g/mol. The molecule has 0 bridgehead atoms. The first-order chi connectivity index (χ1) is 17.9. The van der Waals surface area contributed by atoms with Gasteiger partial charge < -0.3 is 9.47 Å². The van der Waals surface area contributed by atoms with Crippen molar-refractivity contribution in [2.24, 2.45) is 0 Å². The zero-order valence-corrected chi connectivity index (χ0v) is 22.4. The van der Waals surface area contributed by atoms with Crippen molar-refractivity contribution >= 4 is 23.4 Å². The Bertz CT molecular complexity index is 1420. The van der Waals surface area contributed by atoms with Crippen LogP contribution in [0.25, 0.3) is 5.69 Å². The van der Waals surface area contributed by atoms with Crippen LogP contribution in [0, 0.1) is 11.6 Å². The van der Waals surface area contributed by atoms with Gasteiger partial charge >= 0.3 is 0 Å². The highest BCUT2D eigenvalue weighted by Gasteiger charge is 2.40. The average Bonchev–Trinajstić information content (AvgIpc) is 3.28. The second-order valence-corrected chi connectivity index (χ2v) is 10.6. The number of fused-ring (bicyclic) bond motifs is 1. The molecule has 8 heteroatoms. The molecule has 192 valence electrons. The molecule has 1 heterocycles. The second-order valence-electron chi connectivity index (χ2n) is 9.25. The van der Waals surface area contributed by atoms with E-state index in [1.165, 1.54) is 30.0 Å². The van der Waals surface area contributed by atoms with Crippen LogP contribution in [0.4, 0.5) is 8.78 Å². The van der Waals surface area contributed by atoms with Crippen LogP contribution in [0.5, 0.6) is 11.5 Å². The Morgan fingerprint density at radius 1 is 1.03 bits per heavy atom. The van der Waals surface area contributed by atoms with Crippen molar-refractivity contribution in [3.63, 3.8) is 0 Å². The first-order valence-electron chi connectivity index (χ1n) is 12.0. The van der Waals surface area contributed by atoms with E-state index < -0.39 is 5.41 Å². The summed E-state index contributed by atoms with van der Waals surface area (Å²) < 4.78 is 41.6. The third kappa shape index (κ3) is 4.71. The number of methoxy groups -OCH3 is 2. The van der Waals surface area contributed by atoms with Crippen LogP contribution >= 0.6 is 23.4 Å². The number of thioether (sulfide) groups is 1. The topological polar surface area (TPSA) is 36.3 Å². The van der Waals surface area contributed by atoms with E-state index in [0.717, 1.165) is 41.9 Å². The largest absolute Gasteiger partial charge is 0.493 e. The van der Waals surface area contributed by atoms with Gasteiger partial charge in [-0.1, -0.05) is 35.5 Å². The van der Waals surface area contributed by atoms with Crippen LogP contribution in [0.15, 0.2) is 65.8 Å². The van der Waals surface area contributed by atoms with E-state index in [-0.39, 0.29) is 11.6 Å². The first-order valence-corrected chi connectivity index (χ1v) is 13.4. The maximum Gasteiger partial charge on any atom is 0.173 e. The summed E-state index contributed by atoms with van der Waals surface area (Å²) in [5, 5.41) is 1.09. The monoisotopic (exact) mass is 540 g/mol. The first kappa shape index (κ1) is 25.6. The normalized spacial score (nSPS) is 16.9. The molecule has 0 fully saturated rings. The Morgan fingerprint density at radius 2 is 1.78 bits per heavy atom. The van der Waals surface area contributed by atoms with Crippen LogP contribution in [0.1, 0.15) is 42.3 Å². The molecule has 1 atom stereocenters. The Kier molecular flexibility index (Phi) is 7.19. The van der Waals surface area contributed by atoms with Gasteiger partial charge in [-0.2, -0.15) is 0 Å². The van der Waals surface area contributed by atoms with Gasteiger partial charge in [-0.05, 0) is 80.3 Å². The summed E-state index contributed by atoms with van der Waals surface area (Å²) in [6.45, 7) is 2.20. The van der Waals surface area contributed by atoms with E-state index in [1.54, 1.807) is 38.5 Å². The molecule has 0 aliphatic heterocycles. The van der Waals surface area contributed by atoms with Gasteiger partial charge in [-0.3, -0.25) is 4.57 Å². The van der Waals surface area contributed by atoms with E-state index >= 15 is 0 Å². The van der Waals surface area contributed by atoms with E-state index in [4.69, 9.17) is 26.1 Å². The predicted molar refractivity (Wildman–Crippen MR) is 143 cm³/mol. The number of hydrogen-bond donors (Lipinski definition) is 0. The molecule has 0 N–H and O–H groups in total. The van der Waals surface area contributed by atoms with E-state index in [0.29, 0.717) is 33.0 Å². The molecule has 3 aromatic carbocycles. The number of imidazole rings is 1. The molecule has 37 heavy (non-hydrogen) atoms. The molecule has 0 radical (unpaired) electrons. The van der Waals surface area contributed by atoms with Crippen molar-refractivity contribution in [2.75, 3.05) is 14.2 Å². The molecule has 1 aliphatic rings. The summed E-state index contributed by atoms with van der Waals surface area (Å²) in [5.41, 5.74) is 3.93. The molecule has 0 saturated heterocycles. The van der Waals surface area contributed by atoms with Gasteiger partial charge in [0.05, 0.1) is 25.6 Å². The molecular formula is C29H27ClF2N2O2S. The van der Waals surface area contributed by atoms with Gasteiger partial charge in [0.25, 0.3) is 0 Å². The van der Waals surface area contributed by atoms with Crippen LogP contribution in [-0.4, -0.2) is 23.8 Å². The Labute approximate surface area is 224 Å². The smallest absolute Gasteiger partial charge is 0.173 e. The van der Waals surface area contributed by atoms with Crippen molar-refractivity contribution in [1.29, 1.82) is 0 Å². The maximum atomic E-state index is 14.5. The molecule has 4 nitrogen and oxygen atoms in total. The minimum absolute atomic E-state index is 0.312. The predicted octanol–water partition coefficient (Wildman–Crippen LogP) is 7.76. The number of nitrogens with zero attached hydrogens (tertiary/aromatic N) is 2. The molecule has 5 rings (SSSR count). The van der Waals surface area contributed by atoms with Crippen LogP contribution in [0.2, 0.25) is 5.02 Å². The molecule has 1 unspecified atom stereocenters. The van der Waals surface area contributed by atoms with Crippen molar-refractivity contribution in [2.45, 2.75) is 42.5 Å². The third-order valence-electron chi connectivity index (χ3n) is 7.04. The zero-order chi connectivity index (χ0) is 26.2. The highest BCUT2D eigenvalue weighted by atomic mass is 35.5. The fourth-order valence-electron chi connectivity index (χ4n) is 5.10. The second kappa shape index (κ2) is 10.4. The Morgan fingerprint density at radius 3 is 2.49 bits per heavy atom. The Hall–Kier alpha value is -3.03. The number of hydrogen-bond acceptors (Lipinski definition) is 4. The maximum absolute atomic E-state index is 14.5. The standard InChI is InChI=1S/C29H27ClF2N2O2S/c1-29(18-9-14-25(35-2)26(16-18)36-3)15-5-8-24-27(29)34(20-12-10-19(31)11-13-20)28(33-24)37-17-21-22(30)6-4-7-23(21)32/h4,6-7,9-14,16H,5,8,15,17H2,1-3H3. The lowest BCUT2D eigenvalue weighted by Gasteiger charge is -2.36. The summed E-state index contributed by atoms with van der Waals surface area (Å²) in [5.74, 6) is 0.976.